The van der Waals surface area contributed by atoms with Gasteiger partial charge in [-0.1, -0.05) is 6.92 Å². The number of methoxy groups -OCH3 is 1. The molecule has 1 N–H and O–H groups in total. The average Bonchev–Trinajstić information content (AvgIpc) is 2.85. The van der Waals surface area contributed by atoms with Crippen LogP contribution in [0.1, 0.15) is 23.9 Å². The predicted octanol–water partition coefficient (Wildman–Crippen LogP) is 2.06. The highest BCUT2D eigenvalue weighted by Crippen LogP contribution is 2.25. The van der Waals surface area contributed by atoms with Crippen molar-refractivity contribution in [3.8, 4) is 11.5 Å². The molecule has 20 heavy (non-hydrogen) atoms. The summed E-state index contributed by atoms with van der Waals surface area (Å²) in [5, 5.41) is 13.7. The van der Waals surface area contributed by atoms with Crippen LogP contribution >= 0.6 is 0 Å². The average molecular weight is 276 g/mol. The van der Waals surface area contributed by atoms with E-state index in [1.165, 1.54) is 0 Å². The van der Waals surface area contributed by atoms with E-state index in [9.17, 15) is 5.11 Å². The lowest BCUT2D eigenvalue weighted by Gasteiger charge is -2.11. The van der Waals surface area contributed by atoms with Crippen molar-refractivity contribution < 1.29 is 14.6 Å². The molecule has 5 heteroatoms. The number of hydrogen-bond acceptors (Lipinski definition) is 4. The number of aryl methyl sites for hydroxylation is 2. The van der Waals surface area contributed by atoms with Gasteiger partial charge < -0.3 is 14.6 Å². The quantitative estimate of drug-likeness (QED) is 0.877. The fourth-order valence-electron chi connectivity index (χ4n) is 1.96. The molecule has 2 aromatic rings. The van der Waals surface area contributed by atoms with Gasteiger partial charge >= 0.3 is 0 Å². The van der Waals surface area contributed by atoms with Crippen LogP contribution in [0.25, 0.3) is 0 Å². The number of nitrogens with zero attached hydrogens (tertiary/aromatic N) is 2. The van der Waals surface area contributed by atoms with Crippen LogP contribution in [-0.4, -0.2) is 22.0 Å². The van der Waals surface area contributed by atoms with Crippen LogP contribution in [0.15, 0.2) is 24.3 Å². The van der Waals surface area contributed by atoms with Gasteiger partial charge in [-0.05, 0) is 24.6 Å². The highest BCUT2D eigenvalue weighted by molar-refractivity contribution is 5.40. The van der Waals surface area contributed by atoms with E-state index in [1.54, 1.807) is 25.3 Å². The summed E-state index contributed by atoms with van der Waals surface area (Å²) in [5.74, 6) is 1.34. The molecule has 0 aliphatic heterocycles. The van der Waals surface area contributed by atoms with E-state index < -0.39 is 0 Å². The first-order chi connectivity index (χ1) is 9.67. The van der Waals surface area contributed by atoms with Gasteiger partial charge in [-0.2, -0.15) is 5.10 Å². The summed E-state index contributed by atoms with van der Waals surface area (Å²) in [6.45, 7) is 2.41. The van der Waals surface area contributed by atoms with Crippen LogP contribution < -0.4 is 9.47 Å². The van der Waals surface area contributed by atoms with Crippen LogP contribution in [0.5, 0.6) is 11.5 Å². The molecule has 2 rings (SSSR count). The molecule has 108 valence electrons. The molecule has 0 aliphatic carbocycles. The molecule has 0 unspecified atom stereocenters. The minimum Gasteiger partial charge on any atom is -0.497 e. The number of aliphatic hydroxyl groups is 1. The van der Waals surface area contributed by atoms with E-state index in [-0.39, 0.29) is 6.61 Å². The van der Waals surface area contributed by atoms with Gasteiger partial charge in [-0.3, -0.25) is 4.68 Å². The fourth-order valence-corrected chi connectivity index (χ4v) is 1.96. The van der Waals surface area contributed by atoms with Crippen molar-refractivity contribution in [2.24, 2.45) is 7.05 Å². The minimum atomic E-state index is -0.0646. The van der Waals surface area contributed by atoms with Crippen molar-refractivity contribution in [1.29, 1.82) is 0 Å². The van der Waals surface area contributed by atoms with E-state index in [4.69, 9.17) is 9.47 Å². The maximum atomic E-state index is 9.34. The van der Waals surface area contributed by atoms with Crippen LogP contribution in [0, 0.1) is 0 Å². The lowest BCUT2D eigenvalue weighted by Crippen LogP contribution is -2.04. The zero-order valence-electron chi connectivity index (χ0n) is 12.1. The third-order valence-corrected chi connectivity index (χ3v) is 3.21. The molecule has 0 spiro atoms. The zero-order valence-corrected chi connectivity index (χ0v) is 12.1. The summed E-state index contributed by atoms with van der Waals surface area (Å²) in [6, 6.07) is 7.41. The third-order valence-electron chi connectivity index (χ3n) is 3.21. The monoisotopic (exact) mass is 276 g/mol. The van der Waals surface area contributed by atoms with E-state index in [0.29, 0.717) is 18.1 Å². The van der Waals surface area contributed by atoms with Crippen molar-refractivity contribution in [1.82, 2.24) is 9.78 Å². The Kier molecular flexibility index (Phi) is 4.63. The Hall–Kier alpha value is -2.01. The standard InChI is InChI=1S/C15H20N2O3/c1-4-12-7-13(17(2)16-12)10-20-15-8-14(19-3)6-5-11(15)9-18/h5-8,18H,4,9-10H2,1-3H3. The van der Waals surface area contributed by atoms with Gasteiger partial charge in [-0.15, -0.1) is 0 Å². The first kappa shape index (κ1) is 14.4. The second-order valence-corrected chi connectivity index (χ2v) is 4.52. The van der Waals surface area contributed by atoms with Gasteiger partial charge in [0.1, 0.15) is 18.1 Å². The van der Waals surface area contributed by atoms with Crippen LogP contribution in [0.4, 0.5) is 0 Å². The second kappa shape index (κ2) is 6.43. The number of aromatic nitrogens is 2. The topological polar surface area (TPSA) is 56.5 Å². The Labute approximate surface area is 118 Å². The summed E-state index contributed by atoms with van der Waals surface area (Å²) in [5.41, 5.74) is 2.77. The van der Waals surface area contributed by atoms with Crippen molar-refractivity contribution in [2.75, 3.05) is 7.11 Å². The van der Waals surface area contributed by atoms with E-state index in [1.807, 2.05) is 17.8 Å². The highest BCUT2D eigenvalue weighted by atomic mass is 16.5. The second-order valence-electron chi connectivity index (χ2n) is 4.52. The summed E-state index contributed by atoms with van der Waals surface area (Å²) in [7, 11) is 3.50. The van der Waals surface area contributed by atoms with Crippen LogP contribution in [0.2, 0.25) is 0 Å². The molecule has 0 aliphatic rings. The number of benzene rings is 1. The van der Waals surface area contributed by atoms with Gasteiger partial charge in [0.25, 0.3) is 0 Å². The van der Waals surface area contributed by atoms with Crippen molar-refractivity contribution >= 4 is 0 Å². The summed E-state index contributed by atoms with van der Waals surface area (Å²) in [6.07, 6.45) is 0.898. The Balaban J connectivity index is 2.14. The molecular weight excluding hydrogens is 256 g/mol. The molecule has 0 amide bonds. The van der Waals surface area contributed by atoms with Gasteiger partial charge in [0.15, 0.2) is 0 Å². The molecule has 0 saturated carbocycles. The first-order valence-corrected chi connectivity index (χ1v) is 6.60. The van der Waals surface area contributed by atoms with Crippen molar-refractivity contribution in [3.63, 3.8) is 0 Å². The van der Waals surface area contributed by atoms with E-state index in [0.717, 1.165) is 23.4 Å². The first-order valence-electron chi connectivity index (χ1n) is 6.60. The molecule has 5 nitrogen and oxygen atoms in total. The molecule has 0 atom stereocenters. The molecule has 0 fully saturated rings. The van der Waals surface area contributed by atoms with Crippen LogP contribution in [-0.2, 0) is 26.7 Å². The number of ether oxygens (including phenoxy) is 2. The maximum absolute atomic E-state index is 9.34. The maximum Gasteiger partial charge on any atom is 0.130 e. The number of rotatable bonds is 6. The van der Waals surface area contributed by atoms with E-state index in [2.05, 4.69) is 12.0 Å². The zero-order chi connectivity index (χ0) is 14.5. The minimum absolute atomic E-state index is 0.0646. The fraction of sp³-hybridized carbons (Fsp3) is 0.400. The van der Waals surface area contributed by atoms with Crippen LogP contribution in [0.3, 0.4) is 0 Å². The smallest absolute Gasteiger partial charge is 0.130 e. The largest absolute Gasteiger partial charge is 0.497 e. The Morgan fingerprint density at radius 1 is 1.30 bits per heavy atom. The predicted molar refractivity (Wildman–Crippen MR) is 75.8 cm³/mol. The molecule has 1 aromatic carbocycles. The van der Waals surface area contributed by atoms with E-state index >= 15 is 0 Å². The Morgan fingerprint density at radius 2 is 2.10 bits per heavy atom. The van der Waals surface area contributed by atoms with Crippen molar-refractivity contribution in [3.05, 3.63) is 41.2 Å². The number of hydrogen-bond donors (Lipinski definition) is 1. The molecule has 0 radical (unpaired) electrons. The van der Waals surface area contributed by atoms with Gasteiger partial charge in [0, 0.05) is 18.7 Å². The van der Waals surface area contributed by atoms with Crippen molar-refractivity contribution in [2.45, 2.75) is 26.6 Å². The molecular formula is C15H20N2O3. The molecule has 1 heterocycles. The Morgan fingerprint density at radius 3 is 2.70 bits per heavy atom. The normalized spacial score (nSPS) is 10.6. The summed E-state index contributed by atoms with van der Waals surface area (Å²) >= 11 is 0. The molecule has 0 bridgehead atoms. The Bertz CT molecular complexity index is 578. The third kappa shape index (κ3) is 3.11. The summed E-state index contributed by atoms with van der Waals surface area (Å²) in [4.78, 5) is 0. The number of aliphatic hydroxyl groups excluding tert-OH is 1. The highest BCUT2D eigenvalue weighted by Gasteiger charge is 2.08. The SMILES string of the molecule is CCc1cc(COc2cc(OC)ccc2CO)n(C)n1. The van der Waals surface area contributed by atoms with Gasteiger partial charge in [0.05, 0.1) is 25.1 Å². The summed E-state index contributed by atoms with van der Waals surface area (Å²) < 4.78 is 12.8. The molecule has 1 aromatic heterocycles. The van der Waals surface area contributed by atoms with Gasteiger partial charge in [-0.25, -0.2) is 0 Å². The lowest BCUT2D eigenvalue weighted by molar-refractivity contribution is 0.254. The molecule has 0 saturated heterocycles. The lowest BCUT2D eigenvalue weighted by atomic mass is 10.2. The van der Waals surface area contributed by atoms with Gasteiger partial charge in [0.2, 0.25) is 0 Å².